The predicted octanol–water partition coefficient (Wildman–Crippen LogP) is 21.9. The molecule has 75 heavy (non-hydrogen) atoms. The lowest BCUT2D eigenvalue weighted by Crippen LogP contribution is -2.30. The molecule has 0 aromatic rings. The highest BCUT2D eigenvalue weighted by Crippen LogP contribution is 2.16. The van der Waals surface area contributed by atoms with Crippen molar-refractivity contribution in [2.24, 2.45) is 0 Å². The maximum absolute atomic E-state index is 12.9. The molecule has 0 aliphatic carbocycles. The number of hydrogen-bond acceptors (Lipinski definition) is 6. The van der Waals surface area contributed by atoms with Gasteiger partial charge < -0.3 is 14.2 Å². The predicted molar refractivity (Wildman–Crippen MR) is 325 cm³/mol. The topological polar surface area (TPSA) is 78.9 Å². The van der Waals surface area contributed by atoms with E-state index in [2.05, 4.69) is 106 Å². The van der Waals surface area contributed by atoms with Gasteiger partial charge in [-0.2, -0.15) is 0 Å². The van der Waals surface area contributed by atoms with Crippen LogP contribution in [0.3, 0.4) is 0 Å². The van der Waals surface area contributed by atoms with Gasteiger partial charge in [0, 0.05) is 19.3 Å². The minimum absolute atomic E-state index is 0.0841. The number of unbranched alkanes of at least 4 members (excludes halogenated alkanes) is 33. The van der Waals surface area contributed by atoms with Gasteiger partial charge in [-0.3, -0.25) is 14.4 Å². The minimum Gasteiger partial charge on any atom is -0.462 e. The quantitative estimate of drug-likeness (QED) is 0.0261. The summed E-state index contributed by atoms with van der Waals surface area (Å²) in [5.74, 6) is -0.896. The molecule has 1 unspecified atom stereocenters. The Kier molecular flexibility index (Phi) is 60.3. The highest BCUT2D eigenvalue weighted by molar-refractivity contribution is 5.71. The zero-order valence-corrected chi connectivity index (χ0v) is 49.6. The minimum atomic E-state index is -0.788. The Labute approximate surface area is 465 Å². The van der Waals surface area contributed by atoms with E-state index >= 15 is 0 Å². The molecule has 432 valence electrons. The summed E-state index contributed by atoms with van der Waals surface area (Å²) in [6.45, 7) is 6.55. The van der Waals surface area contributed by atoms with Gasteiger partial charge in [-0.25, -0.2) is 0 Å². The summed E-state index contributed by atoms with van der Waals surface area (Å²) < 4.78 is 16.9. The van der Waals surface area contributed by atoms with Crippen molar-refractivity contribution in [2.45, 2.75) is 322 Å². The summed E-state index contributed by atoms with van der Waals surface area (Å²) in [7, 11) is 0. The molecule has 6 nitrogen and oxygen atoms in total. The van der Waals surface area contributed by atoms with Crippen molar-refractivity contribution in [1.29, 1.82) is 0 Å². The van der Waals surface area contributed by atoms with Crippen LogP contribution in [0.2, 0.25) is 0 Å². The van der Waals surface area contributed by atoms with Gasteiger partial charge in [0.1, 0.15) is 13.2 Å². The number of carbonyl (C=O) groups excluding carboxylic acids is 3. The molecule has 0 rings (SSSR count). The van der Waals surface area contributed by atoms with Gasteiger partial charge in [-0.15, -0.1) is 0 Å². The molecule has 0 bridgehead atoms. The van der Waals surface area contributed by atoms with Gasteiger partial charge in [-0.05, 0) is 116 Å². The SMILES string of the molecule is CCC/C=C\C/C=C\CCCCCCCC(=O)OCC(COC(=O)CCCCCCCCCCCC/C=C\C/C=C\C/C=C\CCCCCCC)OC(=O)CCCCCCCCCCC/C=C\C/C=C\CCCCC. The van der Waals surface area contributed by atoms with Gasteiger partial charge in [-0.1, -0.05) is 266 Å². The van der Waals surface area contributed by atoms with Crippen molar-refractivity contribution in [3.8, 4) is 0 Å². The molecule has 0 aliphatic heterocycles. The average molecular weight is 1050 g/mol. The molecule has 0 fully saturated rings. The van der Waals surface area contributed by atoms with E-state index in [0.29, 0.717) is 19.3 Å². The van der Waals surface area contributed by atoms with Crippen LogP contribution in [-0.2, 0) is 28.6 Å². The smallest absolute Gasteiger partial charge is 0.306 e. The van der Waals surface area contributed by atoms with Gasteiger partial charge in [0.15, 0.2) is 6.10 Å². The molecule has 0 N–H and O–H groups in total. The van der Waals surface area contributed by atoms with E-state index in [0.717, 1.165) is 109 Å². The number of carbonyl (C=O) groups is 3. The van der Waals surface area contributed by atoms with E-state index in [9.17, 15) is 14.4 Å². The third-order valence-electron chi connectivity index (χ3n) is 13.8. The molecule has 6 heteroatoms. The zero-order valence-electron chi connectivity index (χ0n) is 49.6. The van der Waals surface area contributed by atoms with E-state index in [4.69, 9.17) is 14.2 Å². The number of allylic oxidation sites excluding steroid dienone is 14. The summed E-state index contributed by atoms with van der Waals surface area (Å²) in [4.78, 5) is 38.3. The van der Waals surface area contributed by atoms with Crippen LogP contribution in [0.15, 0.2) is 85.1 Å². The Morgan fingerprint density at radius 3 is 0.827 bits per heavy atom. The largest absolute Gasteiger partial charge is 0.462 e. The Hall–Kier alpha value is -3.41. The highest BCUT2D eigenvalue weighted by Gasteiger charge is 2.19. The second-order valence-corrected chi connectivity index (χ2v) is 21.3. The molecule has 0 saturated heterocycles. The van der Waals surface area contributed by atoms with Crippen LogP contribution in [0.25, 0.3) is 0 Å². The molecule has 0 radical (unpaired) electrons. The van der Waals surface area contributed by atoms with Crippen LogP contribution in [0.5, 0.6) is 0 Å². The summed E-state index contributed by atoms with van der Waals surface area (Å²) in [5, 5.41) is 0. The lowest BCUT2D eigenvalue weighted by Gasteiger charge is -2.18. The van der Waals surface area contributed by atoms with E-state index in [1.165, 1.54) is 167 Å². The Morgan fingerprint density at radius 2 is 0.507 bits per heavy atom. The first kappa shape index (κ1) is 71.6. The van der Waals surface area contributed by atoms with Crippen molar-refractivity contribution >= 4 is 17.9 Å². The molecular weight excluding hydrogens is 925 g/mol. The van der Waals surface area contributed by atoms with Crippen LogP contribution < -0.4 is 0 Å². The third-order valence-corrected chi connectivity index (χ3v) is 13.8. The first-order valence-electron chi connectivity index (χ1n) is 32.1. The van der Waals surface area contributed by atoms with Crippen molar-refractivity contribution in [3.63, 3.8) is 0 Å². The molecule has 0 aromatic carbocycles. The summed E-state index contributed by atoms with van der Waals surface area (Å²) in [6, 6.07) is 0. The molecule has 0 aromatic heterocycles. The lowest BCUT2D eigenvalue weighted by molar-refractivity contribution is -0.167. The normalized spacial score (nSPS) is 12.6. The second kappa shape index (κ2) is 63.1. The average Bonchev–Trinajstić information content (AvgIpc) is 3.41. The molecule has 0 spiro atoms. The first-order chi connectivity index (χ1) is 37.0. The van der Waals surface area contributed by atoms with Crippen molar-refractivity contribution in [2.75, 3.05) is 13.2 Å². The van der Waals surface area contributed by atoms with Crippen LogP contribution in [0.1, 0.15) is 316 Å². The first-order valence-corrected chi connectivity index (χ1v) is 32.1. The molecular formula is C69H120O6. The fraction of sp³-hybridized carbons (Fsp3) is 0.754. The molecule has 1 atom stereocenters. The van der Waals surface area contributed by atoms with Crippen LogP contribution in [0.4, 0.5) is 0 Å². The Bertz CT molecular complexity index is 1430. The summed E-state index contributed by atoms with van der Waals surface area (Å²) in [5.41, 5.74) is 0. The number of ether oxygens (including phenoxy) is 3. The molecule has 0 aliphatic rings. The van der Waals surface area contributed by atoms with Crippen molar-refractivity contribution in [3.05, 3.63) is 85.1 Å². The Balaban J connectivity index is 4.33. The maximum atomic E-state index is 12.9. The molecule has 0 heterocycles. The van der Waals surface area contributed by atoms with Crippen molar-refractivity contribution in [1.82, 2.24) is 0 Å². The highest BCUT2D eigenvalue weighted by atomic mass is 16.6. The van der Waals surface area contributed by atoms with Crippen molar-refractivity contribution < 1.29 is 28.6 Å². The number of hydrogen-bond donors (Lipinski definition) is 0. The number of esters is 3. The number of rotatable bonds is 58. The van der Waals surface area contributed by atoms with Crippen LogP contribution >= 0.6 is 0 Å². The zero-order chi connectivity index (χ0) is 54.3. The third kappa shape index (κ3) is 61.3. The lowest BCUT2D eigenvalue weighted by atomic mass is 10.0. The van der Waals surface area contributed by atoms with Gasteiger partial charge >= 0.3 is 17.9 Å². The molecule has 0 saturated carbocycles. The maximum Gasteiger partial charge on any atom is 0.306 e. The van der Waals surface area contributed by atoms with E-state index in [1.54, 1.807) is 0 Å². The van der Waals surface area contributed by atoms with Gasteiger partial charge in [0.25, 0.3) is 0 Å². The van der Waals surface area contributed by atoms with E-state index < -0.39 is 6.10 Å². The molecule has 0 amide bonds. The fourth-order valence-corrected chi connectivity index (χ4v) is 8.99. The Morgan fingerprint density at radius 1 is 0.267 bits per heavy atom. The van der Waals surface area contributed by atoms with Gasteiger partial charge in [0.2, 0.25) is 0 Å². The van der Waals surface area contributed by atoms with Crippen LogP contribution in [-0.4, -0.2) is 37.2 Å². The van der Waals surface area contributed by atoms with E-state index in [-0.39, 0.29) is 31.1 Å². The second-order valence-electron chi connectivity index (χ2n) is 21.3. The monoisotopic (exact) mass is 1040 g/mol. The van der Waals surface area contributed by atoms with Gasteiger partial charge in [0.05, 0.1) is 0 Å². The van der Waals surface area contributed by atoms with Crippen LogP contribution in [0, 0.1) is 0 Å². The standard InChI is InChI=1S/C69H120O6/c1-4-7-10-13-16-19-22-25-27-29-31-32-33-34-35-36-38-39-41-44-47-50-53-56-59-62-68(71)74-65-66(64-73-67(70)61-58-55-52-49-46-43-24-21-18-15-12-9-6-3)75-69(72)63-60-57-54-51-48-45-42-40-37-30-28-26-23-20-17-14-11-8-5-2/h12,15,17,20-22,24-26,28-29,31,33-34,66H,4-11,13-14,16,18-19,23,27,30,32,35-65H2,1-3H3/b15-12-,20-17-,24-21-,25-22-,28-26-,31-29-,34-33-. The van der Waals surface area contributed by atoms with E-state index in [1.807, 2.05) is 0 Å². The summed E-state index contributed by atoms with van der Waals surface area (Å²) >= 11 is 0. The summed E-state index contributed by atoms with van der Waals surface area (Å²) in [6.07, 6.45) is 83.0. The fourth-order valence-electron chi connectivity index (χ4n) is 8.99.